The standard InChI is InChI=1S/C31H33N3O8/c35-13-14-39-15-16-40-28-18-20(23-19-41-26-8-4-1-5-22(26)29(23)36)17-27(42-28)30(37)33-11-9-21(10-12-33)34-25-7-3-2-6-24(25)32-31(34)38/h1-8,17,19-21,28,35H,9-16,18H2,(H,32,38)/t20-,28+/m1/s1. The van der Waals surface area contributed by atoms with Crippen LogP contribution in [0.25, 0.3) is 22.0 Å². The van der Waals surface area contributed by atoms with Crippen molar-refractivity contribution in [2.45, 2.75) is 37.5 Å². The molecular weight excluding hydrogens is 542 g/mol. The third-order valence-electron chi connectivity index (χ3n) is 7.88. The van der Waals surface area contributed by atoms with Gasteiger partial charge in [-0.1, -0.05) is 24.3 Å². The molecule has 2 aromatic carbocycles. The number of likely N-dealkylation sites (tertiary alicyclic amines) is 1. The Morgan fingerprint density at radius 2 is 1.81 bits per heavy atom. The van der Waals surface area contributed by atoms with E-state index in [2.05, 4.69) is 4.98 Å². The van der Waals surface area contributed by atoms with E-state index in [0.717, 1.165) is 11.0 Å². The van der Waals surface area contributed by atoms with E-state index < -0.39 is 12.2 Å². The van der Waals surface area contributed by atoms with Gasteiger partial charge in [0.1, 0.15) is 5.58 Å². The van der Waals surface area contributed by atoms with Crippen molar-refractivity contribution in [3.63, 3.8) is 0 Å². The summed E-state index contributed by atoms with van der Waals surface area (Å²) in [5, 5.41) is 9.39. The molecular formula is C31H33N3O8. The quantitative estimate of drug-likeness (QED) is 0.291. The predicted octanol–water partition coefficient (Wildman–Crippen LogP) is 3.04. The SMILES string of the molecule is O=C(C1=C[C@@H](c2coc3ccccc3c2=O)C[C@@H](OCCOCCO)O1)N1CCC(n2c(=O)[nH]c3ccccc32)CC1. The highest BCUT2D eigenvalue weighted by Gasteiger charge is 2.34. The number of carbonyl (C=O) groups excluding carboxylic acids is 1. The third kappa shape index (κ3) is 5.63. The van der Waals surface area contributed by atoms with Gasteiger partial charge >= 0.3 is 5.69 Å². The van der Waals surface area contributed by atoms with Crippen LogP contribution in [-0.4, -0.2) is 71.3 Å². The van der Waals surface area contributed by atoms with Gasteiger partial charge in [-0.05, 0) is 43.2 Å². The van der Waals surface area contributed by atoms with Gasteiger partial charge in [-0.15, -0.1) is 0 Å². The third-order valence-corrected chi connectivity index (χ3v) is 7.88. The summed E-state index contributed by atoms with van der Waals surface area (Å²) >= 11 is 0. The van der Waals surface area contributed by atoms with E-state index >= 15 is 0 Å². The molecule has 0 saturated carbocycles. The molecule has 0 radical (unpaired) electrons. The summed E-state index contributed by atoms with van der Waals surface area (Å²) in [6, 6.07) is 14.6. The van der Waals surface area contributed by atoms with Crippen LogP contribution in [-0.2, 0) is 19.0 Å². The summed E-state index contributed by atoms with van der Waals surface area (Å²) in [6.07, 6.45) is 3.88. The number of imidazole rings is 1. The number of carbonyl (C=O) groups is 1. The van der Waals surface area contributed by atoms with Gasteiger partial charge in [0.25, 0.3) is 5.91 Å². The molecule has 2 atom stereocenters. The molecule has 42 heavy (non-hydrogen) atoms. The normalized spacial score (nSPS) is 19.6. The van der Waals surface area contributed by atoms with E-state index in [-0.39, 0.29) is 55.3 Å². The number of aromatic nitrogens is 2. The topological polar surface area (TPSA) is 136 Å². The number of amides is 1. The number of hydrogen-bond donors (Lipinski definition) is 2. The molecule has 220 valence electrons. The second kappa shape index (κ2) is 12.4. The van der Waals surface area contributed by atoms with E-state index in [1.807, 2.05) is 24.3 Å². The maximum absolute atomic E-state index is 13.7. The number of nitrogens with zero attached hydrogens (tertiary/aromatic N) is 2. The van der Waals surface area contributed by atoms with E-state index in [1.54, 1.807) is 39.8 Å². The molecule has 2 N–H and O–H groups in total. The fourth-order valence-corrected chi connectivity index (χ4v) is 5.80. The van der Waals surface area contributed by atoms with Crippen molar-refractivity contribution in [2.75, 3.05) is 39.5 Å². The van der Waals surface area contributed by atoms with Gasteiger partial charge in [0.05, 0.1) is 49.1 Å². The van der Waals surface area contributed by atoms with Crippen LogP contribution in [0, 0.1) is 0 Å². The fraction of sp³-hybridized carbons (Fsp3) is 0.387. The van der Waals surface area contributed by atoms with Gasteiger partial charge < -0.3 is 33.6 Å². The fourth-order valence-electron chi connectivity index (χ4n) is 5.80. The Hall–Kier alpha value is -4.19. The van der Waals surface area contributed by atoms with Gasteiger partial charge in [-0.3, -0.25) is 14.2 Å². The Labute approximate surface area is 240 Å². The van der Waals surface area contributed by atoms with Crippen LogP contribution in [0.4, 0.5) is 0 Å². The molecule has 2 aliphatic rings. The first-order chi connectivity index (χ1) is 20.5. The van der Waals surface area contributed by atoms with E-state index in [1.165, 1.54) is 6.26 Å². The molecule has 1 amide bonds. The number of aromatic amines is 1. The highest BCUT2D eigenvalue weighted by Crippen LogP contribution is 2.33. The van der Waals surface area contributed by atoms with Crippen LogP contribution in [0.1, 0.15) is 36.8 Å². The van der Waals surface area contributed by atoms with Gasteiger partial charge in [0, 0.05) is 37.0 Å². The summed E-state index contributed by atoms with van der Waals surface area (Å²) < 4.78 is 24.7. The van der Waals surface area contributed by atoms with Crippen LogP contribution in [0.15, 0.2) is 80.6 Å². The number of benzene rings is 2. The number of nitrogens with one attached hydrogen (secondary N) is 1. The molecule has 1 saturated heterocycles. The van der Waals surface area contributed by atoms with Gasteiger partial charge in [-0.25, -0.2) is 4.79 Å². The molecule has 2 aliphatic heterocycles. The van der Waals surface area contributed by atoms with Gasteiger partial charge in [0.15, 0.2) is 11.2 Å². The molecule has 6 rings (SSSR count). The molecule has 0 bridgehead atoms. The smallest absolute Gasteiger partial charge is 0.326 e. The summed E-state index contributed by atoms with van der Waals surface area (Å²) in [7, 11) is 0. The van der Waals surface area contributed by atoms with Crippen molar-refractivity contribution in [3.8, 4) is 0 Å². The monoisotopic (exact) mass is 575 g/mol. The Kier molecular flexibility index (Phi) is 8.22. The first-order valence-corrected chi connectivity index (χ1v) is 14.2. The summed E-state index contributed by atoms with van der Waals surface area (Å²) in [5.41, 5.74) is 2.24. The van der Waals surface area contributed by atoms with Crippen molar-refractivity contribution >= 4 is 27.9 Å². The molecule has 4 heterocycles. The number of aliphatic hydroxyl groups excluding tert-OH is 1. The molecule has 11 nitrogen and oxygen atoms in total. The molecule has 1 fully saturated rings. The summed E-state index contributed by atoms with van der Waals surface area (Å²) in [4.78, 5) is 44.4. The Bertz CT molecular complexity index is 1710. The lowest BCUT2D eigenvalue weighted by Gasteiger charge is -2.35. The summed E-state index contributed by atoms with van der Waals surface area (Å²) in [6.45, 7) is 1.43. The zero-order valence-corrected chi connectivity index (χ0v) is 23.1. The largest absolute Gasteiger partial charge is 0.464 e. The highest BCUT2D eigenvalue weighted by molar-refractivity contribution is 5.92. The first kappa shape index (κ1) is 28.0. The van der Waals surface area contributed by atoms with Crippen molar-refractivity contribution in [3.05, 3.63) is 92.9 Å². The maximum atomic E-state index is 13.7. The Morgan fingerprint density at radius 3 is 2.64 bits per heavy atom. The van der Waals surface area contributed by atoms with Crippen LogP contribution >= 0.6 is 0 Å². The van der Waals surface area contributed by atoms with Crippen molar-refractivity contribution in [1.29, 1.82) is 0 Å². The van der Waals surface area contributed by atoms with Crippen molar-refractivity contribution in [1.82, 2.24) is 14.5 Å². The minimum atomic E-state index is -0.787. The summed E-state index contributed by atoms with van der Waals surface area (Å²) in [5.74, 6) is -0.646. The first-order valence-electron chi connectivity index (χ1n) is 14.2. The number of rotatable bonds is 9. The Balaban J connectivity index is 1.21. The lowest BCUT2D eigenvalue weighted by Crippen LogP contribution is -2.42. The number of H-pyrrole nitrogens is 1. The van der Waals surface area contributed by atoms with Crippen LogP contribution in [0.2, 0.25) is 0 Å². The number of allylic oxidation sites excluding steroid dienone is 1. The van der Waals surface area contributed by atoms with E-state index in [9.17, 15) is 14.4 Å². The second-order valence-corrected chi connectivity index (χ2v) is 10.5. The average molecular weight is 576 g/mol. The lowest BCUT2D eigenvalue weighted by molar-refractivity contribution is -0.157. The molecule has 0 unspecified atom stereocenters. The zero-order chi connectivity index (χ0) is 29.1. The second-order valence-electron chi connectivity index (χ2n) is 10.5. The van der Waals surface area contributed by atoms with Crippen molar-refractivity contribution in [2.24, 2.45) is 0 Å². The number of piperidine rings is 1. The molecule has 0 spiro atoms. The van der Waals surface area contributed by atoms with Gasteiger partial charge in [-0.2, -0.15) is 0 Å². The van der Waals surface area contributed by atoms with E-state index in [0.29, 0.717) is 48.9 Å². The number of hydrogen-bond acceptors (Lipinski definition) is 8. The number of para-hydroxylation sites is 3. The molecule has 0 aliphatic carbocycles. The minimum absolute atomic E-state index is 0.0380. The maximum Gasteiger partial charge on any atom is 0.326 e. The number of aliphatic hydroxyl groups is 1. The number of ether oxygens (including phenoxy) is 3. The molecule has 11 heteroatoms. The average Bonchev–Trinajstić information content (AvgIpc) is 3.36. The zero-order valence-electron chi connectivity index (χ0n) is 23.1. The predicted molar refractivity (Wildman–Crippen MR) is 154 cm³/mol. The van der Waals surface area contributed by atoms with Gasteiger partial charge in [0.2, 0.25) is 6.29 Å². The molecule has 2 aromatic heterocycles. The van der Waals surface area contributed by atoms with Crippen LogP contribution < -0.4 is 11.1 Å². The van der Waals surface area contributed by atoms with Crippen LogP contribution in [0.5, 0.6) is 0 Å². The Morgan fingerprint density at radius 1 is 1.02 bits per heavy atom. The lowest BCUT2D eigenvalue weighted by atomic mass is 9.93. The van der Waals surface area contributed by atoms with Crippen LogP contribution in [0.3, 0.4) is 0 Å². The number of fused-ring (bicyclic) bond motifs is 2. The minimum Gasteiger partial charge on any atom is -0.464 e. The molecule has 4 aromatic rings. The van der Waals surface area contributed by atoms with Crippen molar-refractivity contribution < 1.29 is 28.5 Å². The highest BCUT2D eigenvalue weighted by atomic mass is 16.7. The van der Waals surface area contributed by atoms with E-state index in [4.69, 9.17) is 23.7 Å².